The minimum Gasteiger partial charge on any atom is -0.480 e. The van der Waals surface area contributed by atoms with Gasteiger partial charge in [-0.1, -0.05) is 60.7 Å². The Morgan fingerprint density at radius 1 is 1.00 bits per heavy atom. The van der Waals surface area contributed by atoms with Crippen LogP contribution < -0.4 is 5.32 Å². The molecular formula is C18H20BrNO2. The smallest absolute Gasteiger partial charge is 0.318 e. The van der Waals surface area contributed by atoms with E-state index in [0.29, 0.717) is 0 Å². The molecule has 1 saturated heterocycles. The zero-order valence-corrected chi connectivity index (χ0v) is 13.9. The van der Waals surface area contributed by atoms with Gasteiger partial charge in [0.05, 0.1) is 0 Å². The first-order chi connectivity index (χ1) is 10.3. The van der Waals surface area contributed by atoms with Crippen LogP contribution in [0.1, 0.15) is 17.5 Å². The van der Waals surface area contributed by atoms with E-state index in [0.717, 1.165) is 30.6 Å². The van der Waals surface area contributed by atoms with Crippen molar-refractivity contribution >= 4 is 23.0 Å². The summed E-state index contributed by atoms with van der Waals surface area (Å²) in [5.41, 5.74) is 0.737. The summed E-state index contributed by atoms with van der Waals surface area (Å²) < 4.78 is 0. The van der Waals surface area contributed by atoms with Crippen LogP contribution in [0.25, 0.3) is 0 Å². The molecule has 1 heterocycles. The van der Waals surface area contributed by atoms with Gasteiger partial charge in [0.25, 0.3) is 0 Å². The monoisotopic (exact) mass is 361 g/mol. The minimum absolute atomic E-state index is 0. The number of carboxylic acid groups (broad SMARTS) is 1. The van der Waals surface area contributed by atoms with Crippen LogP contribution in [0.3, 0.4) is 0 Å². The van der Waals surface area contributed by atoms with Crippen molar-refractivity contribution < 1.29 is 9.90 Å². The van der Waals surface area contributed by atoms with Gasteiger partial charge in [-0.05, 0) is 36.6 Å². The van der Waals surface area contributed by atoms with E-state index in [1.165, 1.54) is 0 Å². The minimum atomic E-state index is -0.980. The third-order valence-corrected chi connectivity index (χ3v) is 4.47. The van der Waals surface area contributed by atoms with Crippen LogP contribution >= 0.6 is 17.0 Å². The Balaban J connectivity index is 0.00000176. The molecule has 116 valence electrons. The average Bonchev–Trinajstić information content (AvgIpc) is 3.04. The van der Waals surface area contributed by atoms with Crippen molar-refractivity contribution in [3.8, 4) is 0 Å². The molecule has 0 aliphatic carbocycles. The lowest BCUT2D eigenvalue weighted by atomic mass is 9.65. The van der Waals surface area contributed by atoms with Crippen molar-refractivity contribution in [2.24, 2.45) is 5.92 Å². The summed E-state index contributed by atoms with van der Waals surface area (Å²) in [6.45, 7) is 1.61. The van der Waals surface area contributed by atoms with E-state index in [4.69, 9.17) is 0 Å². The predicted octanol–water partition coefficient (Wildman–Crippen LogP) is 3.24. The second-order valence-corrected chi connectivity index (χ2v) is 5.53. The van der Waals surface area contributed by atoms with Gasteiger partial charge in [0.15, 0.2) is 0 Å². The fourth-order valence-electron chi connectivity index (χ4n) is 3.49. The fraction of sp³-hybridized carbons (Fsp3) is 0.278. The average molecular weight is 362 g/mol. The maximum atomic E-state index is 12.4. The number of nitrogens with one attached hydrogen (secondary N) is 1. The highest BCUT2D eigenvalue weighted by molar-refractivity contribution is 8.93. The summed E-state index contributed by atoms with van der Waals surface area (Å²) in [6, 6.07) is 19.2. The number of hydrogen-bond acceptors (Lipinski definition) is 2. The highest BCUT2D eigenvalue weighted by Crippen LogP contribution is 2.42. The van der Waals surface area contributed by atoms with Crippen molar-refractivity contribution in [3.05, 3.63) is 71.8 Å². The quantitative estimate of drug-likeness (QED) is 0.878. The molecule has 3 nitrogen and oxygen atoms in total. The molecule has 4 heteroatoms. The molecule has 1 fully saturated rings. The SMILES string of the molecule is Br.O=C(O)C(c1ccccc1)(c1ccccc1)[C@@H]1CCNC1. The van der Waals surface area contributed by atoms with E-state index >= 15 is 0 Å². The summed E-state index contributed by atoms with van der Waals surface area (Å²) in [7, 11) is 0. The van der Waals surface area contributed by atoms with Crippen LogP contribution in [0.4, 0.5) is 0 Å². The molecule has 0 unspecified atom stereocenters. The number of benzene rings is 2. The molecule has 3 rings (SSSR count). The summed E-state index contributed by atoms with van der Waals surface area (Å²) in [6.07, 6.45) is 0.871. The number of rotatable bonds is 4. The number of halogens is 1. The predicted molar refractivity (Wildman–Crippen MR) is 92.6 cm³/mol. The normalized spacial score (nSPS) is 17.7. The molecule has 1 aliphatic heterocycles. The lowest BCUT2D eigenvalue weighted by molar-refractivity contribution is -0.144. The first-order valence-corrected chi connectivity index (χ1v) is 7.31. The lowest BCUT2D eigenvalue weighted by Crippen LogP contribution is -2.45. The second kappa shape index (κ2) is 7.07. The summed E-state index contributed by atoms with van der Waals surface area (Å²) in [5, 5.41) is 13.5. The van der Waals surface area contributed by atoms with Crippen molar-refractivity contribution in [2.45, 2.75) is 11.8 Å². The van der Waals surface area contributed by atoms with Gasteiger partial charge in [0, 0.05) is 0 Å². The molecule has 1 atom stereocenters. The molecule has 2 N–H and O–H groups in total. The summed E-state index contributed by atoms with van der Waals surface area (Å²) in [4.78, 5) is 12.4. The molecule has 22 heavy (non-hydrogen) atoms. The van der Waals surface area contributed by atoms with Gasteiger partial charge in [-0.25, -0.2) is 0 Å². The van der Waals surface area contributed by atoms with Crippen molar-refractivity contribution in [1.82, 2.24) is 5.32 Å². The van der Waals surface area contributed by atoms with E-state index in [-0.39, 0.29) is 22.9 Å². The third-order valence-electron chi connectivity index (χ3n) is 4.47. The number of hydrogen-bond donors (Lipinski definition) is 2. The molecule has 1 aliphatic rings. The standard InChI is InChI=1S/C18H19NO2.BrH/c20-17(21)18(16-11-12-19-13-16,14-7-3-1-4-8-14)15-9-5-2-6-10-15;/h1-10,16,19H,11-13H2,(H,20,21);1H/t16-;/m1./s1. The van der Waals surface area contributed by atoms with Crippen molar-refractivity contribution in [1.29, 1.82) is 0 Å². The van der Waals surface area contributed by atoms with Crippen LogP contribution in [0.2, 0.25) is 0 Å². The molecule has 2 aromatic carbocycles. The lowest BCUT2D eigenvalue weighted by Gasteiger charge is -2.36. The van der Waals surface area contributed by atoms with Gasteiger partial charge in [0.1, 0.15) is 5.41 Å². The highest BCUT2D eigenvalue weighted by Gasteiger charge is 2.49. The van der Waals surface area contributed by atoms with Gasteiger partial charge in [-0.3, -0.25) is 4.79 Å². The van der Waals surface area contributed by atoms with Crippen LogP contribution in [0.15, 0.2) is 60.7 Å². The van der Waals surface area contributed by atoms with E-state index in [2.05, 4.69) is 5.32 Å². The maximum Gasteiger partial charge on any atom is 0.318 e. The molecule has 0 spiro atoms. The molecule has 0 amide bonds. The topological polar surface area (TPSA) is 49.3 Å². The second-order valence-electron chi connectivity index (χ2n) is 5.53. The number of carbonyl (C=O) groups is 1. The summed E-state index contributed by atoms with van der Waals surface area (Å²) in [5.74, 6) is -0.714. The van der Waals surface area contributed by atoms with Crippen molar-refractivity contribution in [2.75, 3.05) is 13.1 Å². The van der Waals surface area contributed by atoms with E-state index in [1.54, 1.807) is 0 Å². The van der Waals surface area contributed by atoms with Gasteiger partial charge in [-0.2, -0.15) is 0 Å². The Kier molecular flexibility index (Phi) is 5.37. The Morgan fingerprint density at radius 3 is 1.86 bits per heavy atom. The molecule has 0 saturated carbocycles. The van der Waals surface area contributed by atoms with Crippen LogP contribution in [0.5, 0.6) is 0 Å². The molecular weight excluding hydrogens is 342 g/mol. The van der Waals surface area contributed by atoms with Crippen LogP contribution in [-0.2, 0) is 10.2 Å². The van der Waals surface area contributed by atoms with Crippen LogP contribution in [0, 0.1) is 5.92 Å². The molecule has 0 radical (unpaired) electrons. The van der Waals surface area contributed by atoms with E-state index in [1.807, 2.05) is 60.7 Å². The van der Waals surface area contributed by atoms with E-state index < -0.39 is 11.4 Å². The van der Waals surface area contributed by atoms with Gasteiger partial charge in [-0.15, -0.1) is 17.0 Å². The van der Waals surface area contributed by atoms with Crippen LogP contribution in [-0.4, -0.2) is 24.2 Å². The maximum absolute atomic E-state index is 12.4. The Morgan fingerprint density at radius 2 is 1.50 bits per heavy atom. The third kappa shape index (κ3) is 2.69. The highest BCUT2D eigenvalue weighted by atomic mass is 79.9. The molecule has 0 aromatic heterocycles. The van der Waals surface area contributed by atoms with E-state index in [9.17, 15) is 9.90 Å². The zero-order valence-electron chi connectivity index (χ0n) is 12.2. The molecule has 2 aromatic rings. The van der Waals surface area contributed by atoms with Gasteiger partial charge in [0.2, 0.25) is 0 Å². The fourth-order valence-corrected chi connectivity index (χ4v) is 3.49. The largest absolute Gasteiger partial charge is 0.480 e. The first-order valence-electron chi connectivity index (χ1n) is 7.31. The first kappa shape index (κ1) is 16.7. The Labute approximate surface area is 141 Å². The number of aliphatic carboxylic acids is 1. The van der Waals surface area contributed by atoms with Gasteiger partial charge < -0.3 is 10.4 Å². The molecule has 0 bridgehead atoms. The zero-order chi connectivity index (χ0) is 14.7. The van der Waals surface area contributed by atoms with Crippen molar-refractivity contribution in [3.63, 3.8) is 0 Å². The Hall–Kier alpha value is -1.65. The summed E-state index contributed by atoms with van der Waals surface area (Å²) >= 11 is 0. The van der Waals surface area contributed by atoms with Gasteiger partial charge >= 0.3 is 5.97 Å². The number of carboxylic acids is 1. The Bertz CT molecular complexity index is 570.